The third-order valence-corrected chi connectivity index (χ3v) is 8.54. The van der Waals surface area contributed by atoms with Crippen LogP contribution >= 0.6 is 0 Å². The molecule has 1 heterocycles. The van der Waals surface area contributed by atoms with Crippen molar-refractivity contribution in [1.82, 2.24) is 14.5 Å². The van der Waals surface area contributed by atoms with Gasteiger partial charge in [-0.2, -0.15) is 0 Å². The number of nitrogens with one attached hydrogen (secondary N) is 1. The summed E-state index contributed by atoms with van der Waals surface area (Å²) in [4.78, 5) is 42.0. The molecule has 0 aliphatic carbocycles. The van der Waals surface area contributed by atoms with Gasteiger partial charge in [0.25, 0.3) is 15.9 Å². The average Bonchev–Trinajstić information content (AvgIpc) is 3.13. The number of hydrogen-bond donors (Lipinski definition) is 1. The second kappa shape index (κ2) is 12.1. The van der Waals surface area contributed by atoms with E-state index in [1.54, 1.807) is 37.4 Å². The highest BCUT2D eigenvalue weighted by Crippen LogP contribution is 2.30. The lowest BCUT2D eigenvalue weighted by Gasteiger charge is -2.34. The Balaban J connectivity index is 1.66. The molecule has 1 aliphatic heterocycles. The summed E-state index contributed by atoms with van der Waals surface area (Å²) in [7, 11) is -2.53. The zero-order valence-electron chi connectivity index (χ0n) is 23.7. The van der Waals surface area contributed by atoms with E-state index in [1.165, 1.54) is 17.0 Å². The van der Waals surface area contributed by atoms with Gasteiger partial charge >= 0.3 is 0 Å². The van der Waals surface area contributed by atoms with E-state index in [1.807, 2.05) is 57.2 Å². The van der Waals surface area contributed by atoms with Crippen LogP contribution in [0.5, 0.6) is 5.75 Å². The second-order valence-electron chi connectivity index (χ2n) is 10.9. The lowest BCUT2D eigenvalue weighted by atomic mass is 10.0. The zero-order chi connectivity index (χ0) is 29.8. The molecule has 1 aliphatic rings. The first-order valence-corrected chi connectivity index (χ1v) is 14.8. The molecule has 9 nitrogen and oxygen atoms in total. The number of amides is 3. The fourth-order valence-electron chi connectivity index (χ4n) is 4.77. The Labute approximate surface area is 241 Å². The molecule has 4 rings (SSSR count). The molecule has 216 valence electrons. The van der Waals surface area contributed by atoms with Crippen molar-refractivity contribution >= 4 is 27.7 Å². The van der Waals surface area contributed by atoms with Crippen molar-refractivity contribution in [1.29, 1.82) is 0 Å². The number of methoxy groups -OCH3 is 1. The molecule has 1 atom stereocenters. The molecule has 0 saturated heterocycles. The summed E-state index contributed by atoms with van der Waals surface area (Å²) >= 11 is 0. The first-order valence-electron chi connectivity index (χ1n) is 13.3. The fraction of sp³-hybridized carbons (Fsp3) is 0.323. The Hall–Kier alpha value is -4.18. The minimum Gasteiger partial charge on any atom is -0.497 e. The average molecular weight is 578 g/mol. The van der Waals surface area contributed by atoms with Crippen molar-refractivity contribution in [3.8, 4) is 5.75 Å². The molecular weight excluding hydrogens is 542 g/mol. The van der Waals surface area contributed by atoms with Crippen LogP contribution in [0.3, 0.4) is 0 Å². The SMILES string of the molecule is COc1cccc(CN(C(=O)CCN2C(=O)c3ccccc3S2(=O)=O)[C@@H](Cc2ccccc2)C(=O)NC(C)(C)C)c1. The van der Waals surface area contributed by atoms with Gasteiger partial charge in [0, 0.05) is 31.5 Å². The van der Waals surface area contributed by atoms with Crippen LogP contribution in [0.15, 0.2) is 83.8 Å². The standard InChI is InChI=1S/C31H35N3O6S/c1-31(2,3)32-29(36)26(20-22-11-6-5-7-12-22)33(21-23-13-10-14-24(19-23)40-4)28(35)17-18-34-30(37)25-15-8-9-16-27(25)41(34,38)39/h5-16,19,26H,17-18,20-21H2,1-4H3,(H,32,36)/t26-/m0/s1. The Kier molecular flexibility index (Phi) is 8.82. The summed E-state index contributed by atoms with van der Waals surface area (Å²) in [6.45, 7) is 5.31. The number of hydrogen-bond acceptors (Lipinski definition) is 6. The molecule has 0 radical (unpaired) electrons. The third kappa shape index (κ3) is 6.94. The number of benzene rings is 3. The monoisotopic (exact) mass is 577 g/mol. The minimum atomic E-state index is -4.08. The number of sulfonamides is 1. The lowest BCUT2D eigenvalue weighted by Crippen LogP contribution is -2.54. The second-order valence-corrected chi connectivity index (χ2v) is 12.8. The lowest BCUT2D eigenvalue weighted by molar-refractivity contribution is -0.142. The van der Waals surface area contributed by atoms with Gasteiger partial charge < -0.3 is 15.0 Å². The van der Waals surface area contributed by atoms with Crippen LogP contribution in [-0.2, 0) is 32.6 Å². The molecule has 3 amide bonds. The summed E-state index contributed by atoms with van der Waals surface area (Å²) in [5.41, 5.74) is 1.12. The number of ether oxygens (including phenoxy) is 1. The Bertz CT molecular complexity index is 1530. The van der Waals surface area contributed by atoms with Crippen LogP contribution < -0.4 is 10.1 Å². The van der Waals surface area contributed by atoms with E-state index in [9.17, 15) is 22.8 Å². The van der Waals surface area contributed by atoms with E-state index in [2.05, 4.69) is 5.32 Å². The Morgan fingerprint density at radius 3 is 2.27 bits per heavy atom. The van der Waals surface area contributed by atoms with Crippen molar-refractivity contribution < 1.29 is 27.5 Å². The summed E-state index contributed by atoms with van der Waals surface area (Å²) < 4.78 is 32.3. The Morgan fingerprint density at radius 1 is 0.951 bits per heavy atom. The Morgan fingerprint density at radius 2 is 1.61 bits per heavy atom. The number of carbonyl (C=O) groups is 3. The maximum atomic E-state index is 13.9. The molecule has 0 aromatic heterocycles. The smallest absolute Gasteiger partial charge is 0.269 e. The van der Waals surface area contributed by atoms with Crippen LogP contribution in [0.4, 0.5) is 0 Å². The topological polar surface area (TPSA) is 113 Å². The first kappa shape index (κ1) is 29.8. The molecule has 0 spiro atoms. The summed E-state index contributed by atoms with van der Waals surface area (Å²) in [6, 6.07) is 21.7. The fourth-order valence-corrected chi connectivity index (χ4v) is 6.34. The van der Waals surface area contributed by atoms with Gasteiger partial charge in [0.15, 0.2) is 0 Å². The van der Waals surface area contributed by atoms with Crippen molar-refractivity contribution in [2.45, 2.75) is 56.6 Å². The molecule has 3 aromatic carbocycles. The van der Waals surface area contributed by atoms with Crippen LogP contribution in [0, 0.1) is 0 Å². The van der Waals surface area contributed by atoms with Gasteiger partial charge in [-0.3, -0.25) is 14.4 Å². The molecule has 41 heavy (non-hydrogen) atoms. The molecule has 10 heteroatoms. The maximum Gasteiger partial charge on any atom is 0.269 e. The van der Waals surface area contributed by atoms with Gasteiger partial charge in [0.1, 0.15) is 16.7 Å². The molecule has 0 unspecified atom stereocenters. The normalized spacial score (nSPS) is 14.7. The number of rotatable bonds is 10. The highest BCUT2D eigenvalue weighted by Gasteiger charge is 2.41. The van der Waals surface area contributed by atoms with Crippen LogP contribution in [-0.4, -0.2) is 60.6 Å². The molecular formula is C31H35N3O6S. The van der Waals surface area contributed by atoms with Gasteiger partial charge in [0.2, 0.25) is 11.8 Å². The predicted molar refractivity (Wildman–Crippen MR) is 155 cm³/mol. The van der Waals surface area contributed by atoms with Crippen molar-refractivity contribution in [3.05, 3.63) is 95.6 Å². The first-order chi connectivity index (χ1) is 19.4. The zero-order valence-corrected chi connectivity index (χ0v) is 24.5. The van der Waals surface area contributed by atoms with E-state index in [0.29, 0.717) is 5.75 Å². The van der Waals surface area contributed by atoms with Gasteiger partial charge in [-0.05, 0) is 56.2 Å². The number of carbonyl (C=O) groups excluding carboxylic acids is 3. The molecule has 0 saturated carbocycles. The maximum absolute atomic E-state index is 13.9. The number of nitrogens with zero attached hydrogens (tertiary/aromatic N) is 2. The largest absolute Gasteiger partial charge is 0.497 e. The van der Waals surface area contributed by atoms with Gasteiger partial charge in [-0.15, -0.1) is 0 Å². The minimum absolute atomic E-state index is 0.0720. The van der Waals surface area contributed by atoms with Crippen LogP contribution in [0.2, 0.25) is 0 Å². The summed E-state index contributed by atoms with van der Waals surface area (Å²) in [5, 5.41) is 2.99. The van der Waals surface area contributed by atoms with Crippen molar-refractivity contribution in [3.63, 3.8) is 0 Å². The van der Waals surface area contributed by atoms with Crippen molar-refractivity contribution in [2.75, 3.05) is 13.7 Å². The summed E-state index contributed by atoms with van der Waals surface area (Å²) in [5.74, 6) is -0.870. The molecule has 0 fully saturated rings. The van der Waals surface area contributed by atoms with E-state index < -0.39 is 33.4 Å². The van der Waals surface area contributed by atoms with E-state index in [-0.39, 0.29) is 42.3 Å². The highest BCUT2D eigenvalue weighted by atomic mass is 32.2. The highest BCUT2D eigenvalue weighted by molar-refractivity contribution is 7.90. The predicted octanol–water partition coefficient (Wildman–Crippen LogP) is 3.78. The van der Waals surface area contributed by atoms with E-state index in [0.717, 1.165) is 15.4 Å². The third-order valence-electron chi connectivity index (χ3n) is 6.70. The summed E-state index contributed by atoms with van der Waals surface area (Å²) in [6.07, 6.45) is -0.0537. The van der Waals surface area contributed by atoms with E-state index in [4.69, 9.17) is 4.74 Å². The van der Waals surface area contributed by atoms with Crippen LogP contribution in [0.1, 0.15) is 48.7 Å². The molecule has 1 N–H and O–H groups in total. The molecule has 0 bridgehead atoms. The van der Waals surface area contributed by atoms with E-state index >= 15 is 0 Å². The number of fused-ring (bicyclic) bond motifs is 1. The van der Waals surface area contributed by atoms with Crippen LogP contribution in [0.25, 0.3) is 0 Å². The van der Waals surface area contributed by atoms with Crippen molar-refractivity contribution in [2.24, 2.45) is 0 Å². The molecule has 3 aromatic rings. The van der Waals surface area contributed by atoms with Gasteiger partial charge in [-0.1, -0.05) is 54.6 Å². The quantitative estimate of drug-likeness (QED) is 0.392. The van der Waals surface area contributed by atoms with Gasteiger partial charge in [-0.25, -0.2) is 12.7 Å². The van der Waals surface area contributed by atoms with Gasteiger partial charge in [0.05, 0.1) is 12.7 Å².